The number of pyridine rings is 1. The second kappa shape index (κ2) is 13.1. The Bertz CT molecular complexity index is 2110. The number of rotatable bonds is 13. The molecule has 0 aliphatic rings. The van der Waals surface area contributed by atoms with Crippen molar-refractivity contribution >= 4 is 50.8 Å². The van der Waals surface area contributed by atoms with Gasteiger partial charge < -0.3 is 9.88 Å². The van der Waals surface area contributed by atoms with Crippen LogP contribution in [0.25, 0.3) is 21.8 Å². The van der Waals surface area contributed by atoms with Crippen LogP contribution in [0.4, 0.5) is 10.2 Å². The molecule has 3 aromatic heterocycles. The maximum absolute atomic E-state index is 14.7. The van der Waals surface area contributed by atoms with E-state index in [0.717, 1.165) is 21.8 Å². The van der Waals surface area contributed by atoms with Crippen molar-refractivity contribution in [2.45, 2.75) is 32.2 Å². The number of fused-ring (bicyclic) bond motifs is 2. The van der Waals surface area contributed by atoms with Gasteiger partial charge in [0.05, 0.1) is 11.7 Å². The number of H-pyrrole nitrogens is 2. The zero-order valence-corrected chi connectivity index (χ0v) is 25.0. The van der Waals surface area contributed by atoms with Gasteiger partial charge in [0.2, 0.25) is 0 Å². The Morgan fingerprint density at radius 2 is 1.41 bits per heavy atom. The number of carbonyl (C=O) groups excluding carboxylic acids is 4. The van der Waals surface area contributed by atoms with Crippen LogP contribution in [0.3, 0.4) is 0 Å². The van der Waals surface area contributed by atoms with Crippen molar-refractivity contribution in [2.75, 3.05) is 11.9 Å². The Kier molecular flexibility index (Phi) is 8.60. The smallest absolute Gasteiger partial charge is 0.184 e. The molecular formula is C36H30FN5O4. The number of aromatic nitrogens is 4. The summed E-state index contributed by atoms with van der Waals surface area (Å²) >= 11 is 0. The van der Waals surface area contributed by atoms with Crippen molar-refractivity contribution < 1.29 is 23.6 Å². The minimum atomic E-state index is -0.773. The summed E-state index contributed by atoms with van der Waals surface area (Å²) in [5.41, 5.74) is 3.57. The molecule has 0 radical (unpaired) electrons. The number of halogens is 1. The van der Waals surface area contributed by atoms with E-state index in [0.29, 0.717) is 28.1 Å². The van der Waals surface area contributed by atoms with Gasteiger partial charge in [-0.2, -0.15) is 5.10 Å². The van der Waals surface area contributed by atoms with Crippen LogP contribution in [0.1, 0.15) is 72.8 Å². The molecule has 2 N–H and O–H groups in total. The van der Waals surface area contributed by atoms with E-state index in [2.05, 4.69) is 20.2 Å². The van der Waals surface area contributed by atoms with Gasteiger partial charge in [-0.25, -0.2) is 9.37 Å². The van der Waals surface area contributed by atoms with Crippen LogP contribution in [0.5, 0.6) is 0 Å². The van der Waals surface area contributed by atoms with Crippen LogP contribution in [-0.2, 0) is 6.54 Å². The largest absolute Gasteiger partial charge is 0.361 e. The summed E-state index contributed by atoms with van der Waals surface area (Å²) in [6, 6.07) is 22.2. The van der Waals surface area contributed by atoms with Gasteiger partial charge in [-0.3, -0.25) is 24.3 Å². The topological polar surface area (TPSA) is 129 Å². The van der Waals surface area contributed by atoms with Crippen LogP contribution < -0.4 is 4.90 Å². The normalized spacial score (nSPS) is 11.2. The molecule has 0 bridgehead atoms. The molecule has 9 nitrogen and oxygen atoms in total. The highest BCUT2D eigenvalue weighted by Gasteiger charge is 2.20. The third-order valence-electron chi connectivity index (χ3n) is 8.01. The van der Waals surface area contributed by atoms with Crippen molar-refractivity contribution in [3.63, 3.8) is 0 Å². The van der Waals surface area contributed by atoms with E-state index in [1.807, 2.05) is 36.5 Å². The van der Waals surface area contributed by atoms with E-state index in [4.69, 9.17) is 0 Å². The lowest BCUT2D eigenvalue weighted by atomic mass is 9.97. The van der Waals surface area contributed by atoms with E-state index < -0.39 is 11.6 Å². The molecule has 0 saturated heterocycles. The molecule has 3 heterocycles. The summed E-state index contributed by atoms with van der Waals surface area (Å²) in [6.45, 7) is 0.251. The van der Waals surface area contributed by atoms with Crippen molar-refractivity contribution in [1.82, 2.24) is 20.2 Å². The van der Waals surface area contributed by atoms with Gasteiger partial charge in [0, 0.05) is 78.5 Å². The van der Waals surface area contributed by atoms with Crippen molar-refractivity contribution in [3.8, 4) is 0 Å². The molecule has 10 heteroatoms. The standard InChI is InChI=1S/C36H30FN5O4/c1-42(21-25-4-2-3-5-27(25)33(45)13-11-31(43)23-6-9-29-22(18-23)16-17-38-29)35-15-8-28(37)36(40-35)34(46)14-12-32(44)24-7-10-30-26(19-24)20-39-41-30/h2-10,15-20,38H,11-14,21H2,1H3,(H,39,41). The summed E-state index contributed by atoms with van der Waals surface area (Å²) in [5, 5.41) is 8.48. The molecule has 0 amide bonds. The van der Waals surface area contributed by atoms with Crippen LogP contribution in [-0.4, -0.2) is 50.3 Å². The maximum atomic E-state index is 14.7. The molecule has 0 aliphatic carbocycles. The summed E-state index contributed by atoms with van der Waals surface area (Å²) < 4.78 is 14.7. The highest BCUT2D eigenvalue weighted by molar-refractivity contribution is 6.05. The number of aromatic amines is 2. The van der Waals surface area contributed by atoms with Gasteiger partial charge in [-0.05, 0) is 60.2 Å². The average Bonchev–Trinajstić information content (AvgIpc) is 3.75. The first-order chi connectivity index (χ1) is 22.3. The lowest BCUT2D eigenvalue weighted by molar-refractivity contribution is 0.0912. The van der Waals surface area contributed by atoms with Crippen LogP contribution in [0.15, 0.2) is 91.3 Å². The maximum Gasteiger partial charge on any atom is 0.184 e. The highest BCUT2D eigenvalue weighted by atomic mass is 19.1. The molecule has 0 fully saturated rings. The molecule has 0 saturated carbocycles. The van der Waals surface area contributed by atoms with E-state index in [9.17, 15) is 23.6 Å². The van der Waals surface area contributed by atoms with Crippen LogP contribution in [0.2, 0.25) is 0 Å². The summed E-state index contributed by atoms with van der Waals surface area (Å²) in [7, 11) is 1.73. The summed E-state index contributed by atoms with van der Waals surface area (Å²) in [4.78, 5) is 60.9. The molecule has 0 atom stereocenters. The van der Waals surface area contributed by atoms with E-state index in [1.165, 1.54) is 12.1 Å². The van der Waals surface area contributed by atoms with Crippen LogP contribution >= 0.6 is 0 Å². The molecule has 6 rings (SSSR count). The summed E-state index contributed by atoms with van der Waals surface area (Å²) in [5.74, 6) is -1.54. The fraction of sp³-hybridized carbons (Fsp3) is 0.167. The predicted molar refractivity (Wildman–Crippen MR) is 173 cm³/mol. The third-order valence-corrected chi connectivity index (χ3v) is 8.01. The quantitative estimate of drug-likeness (QED) is 0.135. The van der Waals surface area contributed by atoms with Crippen molar-refractivity contribution in [1.29, 1.82) is 0 Å². The monoisotopic (exact) mass is 615 g/mol. The number of ketones is 4. The van der Waals surface area contributed by atoms with E-state index in [-0.39, 0.29) is 55.3 Å². The molecule has 230 valence electrons. The minimum absolute atomic E-state index is 0.0485. The molecule has 6 aromatic rings. The van der Waals surface area contributed by atoms with Gasteiger partial charge in [0.15, 0.2) is 29.0 Å². The van der Waals surface area contributed by atoms with Gasteiger partial charge in [0.25, 0.3) is 0 Å². The number of nitrogens with zero attached hydrogens (tertiary/aromatic N) is 3. The molecule has 0 aliphatic heterocycles. The van der Waals surface area contributed by atoms with Gasteiger partial charge in [-0.15, -0.1) is 0 Å². The van der Waals surface area contributed by atoms with Crippen molar-refractivity contribution in [2.24, 2.45) is 0 Å². The number of carbonyl (C=O) groups is 4. The SMILES string of the molecule is CN(Cc1ccccc1C(=O)CCC(=O)c1ccc2[nH]ccc2c1)c1ccc(F)c(C(=O)CCC(=O)c2ccc3[nH]ncc3c2)n1. The molecule has 0 spiro atoms. The number of benzene rings is 3. The van der Waals surface area contributed by atoms with Gasteiger partial charge in [-0.1, -0.05) is 24.3 Å². The van der Waals surface area contributed by atoms with Crippen LogP contribution in [0, 0.1) is 5.82 Å². The highest BCUT2D eigenvalue weighted by Crippen LogP contribution is 2.22. The Balaban J connectivity index is 1.09. The fourth-order valence-electron chi connectivity index (χ4n) is 5.45. The van der Waals surface area contributed by atoms with E-state index >= 15 is 0 Å². The number of hydrogen-bond acceptors (Lipinski definition) is 7. The lowest BCUT2D eigenvalue weighted by Gasteiger charge is -2.20. The molecule has 46 heavy (non-hydrogen) atoms. The Morgan fingerprint density at radius 3 is 2.20 bits per heavy atom. The molecule has 3 aromatic carbocycles. The third kappa shape index (κ3) is 6.51. The minimum Gasteiger partial charge on any atom is -0.361 e. The van der Waals surface area contributed by atoms with Gasteiger partial charge >= 0.3 is 0 Å². The zero-order valence-electron chi connectivity index (χ0n) is 25.0. The van der Waals surface area contributed by atoms with Crippen molar-refractivity contribution in [3.05, 3.63) is 125 Å². The average molecular weight is 616 g/mol. The molecule has 0 unspecified atom stereocenters. The first-order valence-corrected chi connectivity index (χ1v) is 14.9. The fourth-order valence-corrected chi connectivity index (χ4v) is 5.45. The first-order valence-electron chi connectivity index (χ1n) is 14.9. The van der Waals surface area contributed by atoms with Gasteiger partial charge in [0.1, 0.15) is 11.5 Å². The Morgan fingerprint density at radius 1 is 0.739 bits per heavy atom. The second-order valence-electron chi connectivity index (χ2n) is 11.2. The first kappa shape index (κ1) is 30.3. The molecular weight excluding hydrogens is 585 g/mol. The van der Waals surface area contributed by atoms with E-state index in [1.54, 1.807) is 54.5 Å². The Hall–Kier alpha value is -5.77. The number of anilines is 1. The predicted octanol–water partition coefficient (Wildman–Crippen LogP) is 6.91. The number of Topliss-reactive ketones (excluding diaryl/α,β-unsaturated/α-hetero) is 4. The number of nitrogens with one attached hydrogen (secondary N) is 2. The lowest BCUT2D eigenvalue weighted by Crippen LogP contribution is -2.21. The second-order valence-corrected chi connectivity index (χ2v) is 11.2. The Labute approximate surface area is 263 Å². The zero-order chi connectivity index (χ0) is 32.2. The summed E-state index contributed by atoms with van der Waals surface area (Å²) in [6.07, 6.45) is 3.25. The number of hydrogen-bond donors (Lipinski definition) is 2.